The molecule has 2 aliphatic rings. The summed E-state index contributed by atoms with van der Waals surface area (Å²) in [6, 6.07) is 7.95. The molecule has 5 heteroatoms. The molecule has 3 rings (SSSR count). The van der Waals surface area contributed by atoms with Crippen molar-refractivity contribution in [1.82, 2.24) is 9.80 Å². The molecule has 1 aromatic carbocycles. The number of anilines is 1. The molecule has 2 amide bonds. The van der Waals surface area contributed by atoms with Crippen molar-refractivity contribution in [3.63, 3.8) is 0 Å². The molecule has 142 valence electrons. The average molecular weight is 357 g/mol. The molecule has 1 heterocycles. The van der Waals surface area contributed by atoms with E-state index in [4.69, 9.17) is 0 Å². The number of hydrogen-bond acceptors (Lipinski definition) is 3. The van der Waals surface area contributed by atoms with Crippen molar-refractivity contribution < 1.29 is 9.59 Å². The SMILES string of the molecule is CN(C)C1CCN(C(=O)c2cccc(NC(=O)C3CCCCC3)c2)CC1. The Hall–Kier alpha value is -1.88. The second-order valence-corrected chi connectivity index (χ2v) is 7.89. The van der Waals surface area contributed by atoms with Crippen LogP contribution in [-0.4, -0.2) is 54.8 Å². The minimum absolute atomic E-state index is 0.0657. The highest BCUT2D eigenvalue weighted by molar-refractivity contribution is 5.97. The minimum atomic E-state index is 0.0657. The zero-order valence-corrected chi connectivity index (χ0v) is 16.0. The highest BCUT2D eigenvalue weighted by atomic mass is 16.2. The fourth-order valence-corrected chi connectivity index (χ4v) is 4.11. The standard InChI is InChI=1S/C21H31N3O2/c1-23(2)19-11-13-24(14-12-19)21(26)17-9-6-10-18(15-17)22-20(25)16-7-4-3-5-8-16/h6,9-10,15-16,19H,3-5,7-8,11-14H2,1-2H3,(H,22,25). The molecule has 1 aliphatic carbocycles. The first-order valence-corrected chi connectivity index (χ1v) is 9.91. The summed E-state index contributed by atoms with van der Waals surface area (Å²) in [5.41, 5.74) is 1.39. The maximum atomic E-state index is 12.8. The van der Waals surface area contributed by atoms with Gasteiger partial charge in [0.25, 0.3) is 5.91 Å². The maximum Gasteiger partial charge on any atom is 0.253 e. The number of benzene rings is 1. The lowest BCUT2D eigenvalue weighted by molar-refractivity contribution is -0.120. The van der Waals surface area contributed by atoms with Gasteiger partial charge in [-0.1, -0.05) is 25.3 Å². The van der Waals surface area contributed by atoms with E-state index < -0.39 is 0 Å². The van der Waals surface area contributed by atoms with E-state index in [1.165, 1.54) is 6.42 Å². The molecule has 0 aromatic heterocycles. The van der Waals surface area contributed by atoms with Crippen molar-refractivity contribution in [3.8, 4) is 0 Å². The monoisotopic (exact) mass is 357 g/mol. The molecule has 0 atom stereocenters. The third kappa shape index (κ3) is 4.64. The zero-order valence-electron chi connectivity index (χ0n) is 16.0. The first kappa shape index (κ1) is 18.9. The smallest absolute Gasteiger partial charge is 0.253 e. The largest absolute Gasteiger partial charge is 0.339 e. The van der Waals surface area contributed by atoms with E-state index in [-0.39, 0.29) is 17.7 Å². The molecular weight excluding hydrogens is 326 g/mol. The van der Waals surface area contributed by atoms with Gasteiger partial charge in [-0.15, -0.1) is 0 Å². The van der Waals surface area contributed by atoms with E-state index in [9.17, 15) is 9.59 Å². The van der Waals surface area contributed by atoms with Gasteiger partial charge in [-0.25, -0.2) is 0 Å². The van der Waals surface area contributed by atoms with Crippen LogP contribution in [0.1, 0.15) is 55.3 Å². The van der Waals surface area contributed by atoms with Gasteiger partial charge in [0.15, 0.2) is 0 Å². The summed E-state index contributed by atoms with van der Waals surface area (Å²) in [5, 5.41) is 3.02. The molecule has 0 radical (unpaired) electrons. The summed E-state index contributed by atoms with van der Waals surface area (Å²) < 4.78 is 0. The van der Waals surface area contributed by atoms with Crippen LogP contribution in [0.25, 0.3) is 0 Å². The van der Waals surface area contributed by atoms with Gasteiger partial charge in [0.1, 0.15) is 0 Å². The molecule has 1 saturated heterocycles. The molecular formula is C21H31N3O2. The summed E-state index contributed by atoms with van der Waals surface area (Å²) in [6.07, 6.45) is 7.49. The number of piperidine rings is 1. The van der Waals surface area contributed by atoms with Crippen LogP contribution in [0.3, 0.4) is 0 Å². The van der Waals surface area contributed by atoms with E-state index >= 15 is 0 Å². The molecule has 1 aliphatic heterocycles. The van der Waals surface area contributed by atoms with Crippen LogP contribution in [0, 0.1) is 5.92 Å². The van der Waals surface area contributed by atoms with Gasteiger partial charge in [-0.05, 0) is 58.0 Å². The Balaban J connectivity index is 1.60. The number of nitrogens with one attached hydrogen (secondary N) is 1. The van der Waals surface area contributed by atoms with Crippen molar-refractivity contribution >= 4 is 17.5 Å². The Bertz CT molecular complexity index is 630. The lowest BCUT2D eigenvalue weighted by Crippen LogP contribution is -2.44. The normalized spacial score (nSPS) is 19.6. The molecule has 0 bridgehead atoms. The van der Waals surface area contributed by atoms with Gasteiger partial charge in [0.05, 0.1) is 0 Å². The van der Waals surface area contributed by atoms with Crippen LogP contribution in [0.15, 0.2) is 24.3 Å². The van der Waals surface area contributed by atoms with Crippen molar-refractivity contribution in [3.05, 3.63) is 29.8 Å². The number of carbonyl (C=O) groups is 2. The van der Waals surface area contributed by atoms with E-state index in [0.717, 1.165) is 57.3 Å². The molecule has 1 N–H and O–H groups in total. The summed E-state index contributed by atoms with van der Waals surface area (Å²) in [7, 11) is 4.20. The van der Waals surface area contributed by atoms with Crippen LogP contribution in [0.2, 0.25) is 0 Å². The van der Waals surface area contributed by atoms with Crippen LogP contribution >= 0.6 is 0 Å². The van der Waals surface area contributed by atoms with Crippen LogP contribution in [0.4, 0.5) is 5.69 Å². The molecule has 1 aromatic rings. The molecule has 5 nitrogen and oxygen atoms in total. The number of nitrogens with zero attached hydrogens (tertiary/aromatic N) is 2. The topological polar surface area (TPSA) is 52.6 Å². The number of hydrogen-bond donors (Lipinski definition) is 1. The minimum Gasteiger partial charge on any atom is -0.339 e. The van der Waals surface area contributed by atoms with Crippen LogP contribution in [0.5, 0.6) is 0 Å². The second-order valence-electron chi connectivity index (χ2n) is 7.89. The Morgan fingerprint density at radius 3 is 2.38 bits per heavy atom. The first-order valence-electron chi connectivity index (χ1n) is 9.91. The zero-order chi connectivity index (χ0) is 18.5. The predicted molar refractivity (Wildman–Crippen MR) is 104 cm³/mol. The van der Waals surface area contributed by atoms with Gasteiger partial charge in [-0.2, -0.15) is 0 Å². The Kier molecular flexibility index (Phi) is 6.30. The van der Waals surface area contributed by atoms with E-state index in [1.54, 1.807) is 0 Å². The molecule has 0 unspecified atom stereocenters. The Labute approximate surface area is 156 Å². The fourth-order valence-electron chi connectivity index (χ4n) is 4.11. The molecule has 0 spiro atoms. The van der Waals surface area contributed by atoms with Crippen molar-refractivity contribution in [2.24, 2.45) is 5.92 Å². The third-order valence-corrected chi connectivity index (χ3v) is 5.84. The quantitative estimate of drug-likeness (QED) is 0.899. The van der Waals surface area contributed by atoms with E-state index in [2.05, 4.69) is 24.3 Å². The average Bonchev–Trinajstić information content (AvgIpc) is 2.68. The van der Waals surface area contributed by atoms with Gasteiger partial charge in [-0.3, -0.25) is 9.59 Å². The summed E-state index contributed by atoms with van der Waals surface area (Å²) >= 11 is 0. The van der Waals surface area contributed by atoms with Crippen molar-refractivity contribution in [1.29, 1.82) is 0 Å². The van der Waals surface area contributed by atoms with Gasteiger partial charge < -0.3 is 15.1 Å². The maximum absolute atomic E-state index is 12.8. The predicted octanol–water partition coefficient (Wildman–Crippen LogP) is 3.37. The van der Waals surface area contributed by atoms with Gasteiger partial charge in [0.2, 0.25) is 5.91 Å². The molecule has 26 heavy (non-hydrogen) atoms. The number of amides is 2. The molecule has 2 fully saturated rings. The summed E-state index contributed by atoms with van der Waals surface area (Å²) in [5.74, 6) is 0.283. The summed E-state index contributed by atoms with van der Waals surface area (Å²) in [6.45, 7) is 1.58. The number of carbonyl (C=O) groups excluding carboxylic acids is 2. The third-order valence-electron chi connectivity index (χ3n) is 5.84. The lowest BCUT2D eigenvalue weighted by Gasteiger charge is -2.35. The number of rotatable bonds is 4. The fraction of sp³-hybridized carbons (Fsp3) is 0.619. The summed E-state index contributed by atoms with van der Waals surface area (Å²) in [4.78, 5) is 29.4. The first-order chi connectivity index (χ1) is 12.5. The highest BCUT2D eigenvalue weighted by Gasteiger charge is 2.25. The van der Waals surface area contributed by atoms with E-state index in [1.807, 2.05) is 29.2 Å². The Morgan fingerprint density at radius 1 is 1.04 bits per heavy atom. The van der Waals surface area contributed by atoms with E-state index in [0.29, 0.717) is 11.6 Å². The van der Waals surface area contributed by atoms with Crippen molar-refractivity contribution in [2.75, 3.05) is 32.5 Å². The Morgan fingerprint density at radius 2 is 1.73 bits per heavy atom. The molecule has 1 saturated carbocycles. The van der Waals surface area contributed by atoms with Crippen LogP contribution < -0.4 is 5.32 Å². The van der Waals surface area contributed by atoms with Crippen molar-refractivity contribution in [2.45, 2.75) is 51.0 Å². The van der Waals surface area contributed by atoms with Gasteiger partial charge >= 0.3 is 0 Å². The highest BCUT2D eigenvalue weighted by Crippen LogP contribution is 2.25. The lowest BCUT2D eigenvalue weighted by atomic mass is 9.88. The number of likely N-dealkylation sites (tertiary alicyclic amines) is 1. The second kappa shape index (κ2) is 8.67. The van der Waals surface area contributed by atoms with Crippen LogP contribution in [-0.2, 0) is 4.79 Å². The van der Waals surface area contributed by atoms with Gasteiger partial charge in [0, 0.05) is 36.3 Å².